The van der Waals surface area contributed by atoms with E-state index in [-0.39, 0.29) is 5.60 Å². The predicted molar refractivity (Wildman–Crippen MR) is 30.6 cm³/mol. The van der Waals surface area contributed by atoms with Gasteiger partial charge in [0, 0.05) is 6.61 Å². The third-order valence-corrected chi connectivity index (χ3v) is 2.10. The van der Waals surface area contributed by atoms with Crippen LogP contribution in [0.3, 0.4) is 0 Å². The zero-order valence-corrected chi connectivity index (χ0v) is 5.27. The summed E-state index contributed by atoms with van der Waals surface area (Å²) in [6.45, 7) is 1.81. The van der Waals surface area contributed by atoms with Gasteiger partial charge in [0.25, 0.3) is 0 Å². The molecule has 0 aliphatic carbocycles. The lowest BCUT2D eigenvalue weighted by Gasteiger charge is -2.41. The van der Waals surface area contributed by atoms with Crippen LogP contribution in [-0.4, -0.2) is 30.4 Å². The molecule has 0 saturated carbocycles. The van der Waals surface area contributed by atoms with E-state index in [4.69, 9.17) is 4.74 Å². The minimum atomic E-state index is -0.0608. The third-order valence-electron chi connectivity index (χ3n) is 2.10. The summed E-state index contributed by atoms with van der Waals surface area (Å²) in [5.74, 6) is 0. The molecule has 2 heterocycles. The first kappa shape index (κ1) is 5.62. The summed E-state index contributed by atoms with van der Waals surface area (Å²) >= 11 is 0. The highest BCUT2D eigenvalue weighted by atomic mass is 19.2. The highest BCUT2D eigenvalue weighted by Crippen LogP contribution is 2.34. The zero-order chi connectivity index (χ0) is 6.32. The highest BCUT2D eigenvalue weighted by Gasteiger charge is 2.46. The molecule has 2 saturated heterocycles. The molecule has 2 rings (SSSR count). The Labute approximate surface area is 53.5 Å². The molecule has 9 heavy (non-hydrogen) atoms. The van der Waals surface area contributed by atoms with Gasteiger partial charge >= 0.3 is 0 Å². The first-order valence-electron chi connectivity index (χ1n) is 3.35. The van der Waals surface area contributed by atoms with E-state index in [9.17, 15) is 4.48 Å². The molecule has 52 valence electrons. The summed E-state index contributed by atoms with van der Waals surface area (Å²) in [6, 6.07) is 0. The first-order valence-corrected chi connectivity index (χ1v) is 3.35. The van der Waals surface area contributed by atoms with Crippen LogP contribution in [0.25, 0.3) is 0 Å². The van der Waals surface area contributed by atoms with Gasteiger partial charge in [0.1, 0.15) is 0 Å². The van der Waals surface area contributed by atoms with Crippen molar-refractivity contribution in [2.75, 3.05) is 19.7 Å². The molecule has 3 heteroatoms. The zero-order valence-electron chi connectivity index (χ0n) is 5.27. The van der Waals surface area contributed by atoms with Crippen LogP contribution < -0.4 is 0 Å². The van der Waals surface area contributed by atoms with Gasteiger partial charge in [-0.15, -0.1) is 9.60 Å². The maximum atomic E-state index is 12.2. The molecule has 2 aliphatic heterocycles. The van der Waals surface area contributed by atoms with Gasteiger partial charge in [-0.05, 0) is 12.8 Å². The fourth-order valence-electron chi connectivity index (χ4n) is 1.58. The molecule has 0 aromatic rings. The number of hydrogen-bond acceptors (Lipinski definition) is 2. The van der Waals surface area contributed by atoms with E-state index in [1.807, 2.05) is 0 Å². The molecular formula is C6H10FNO. The minimum absolute atomic E-state index is 0.0608. The van der Waals surface area contributed by atoms with E-state index in [2.05, 4.69) is 0 Å². The van der Waals surface area contributed by atoms with Crippen molar-refractivity contribution in [3.05, 3.63) is 0 Å². The van der Waals surface area contributed by atoms with Crippen molar-refractivity contribution in [3.63, 3.8) is 0 Å². The van der Waals surface area contributed by atoms with Crippen molar-refractivity contribution in [2.45, 2.75) is 18.4 Å². The van der Waals surface area contributed by atoms with E-state index in [1.165, 1.54) is 0 Å². The highest BCUT2D eigenvalue weighted by molar-refractivity contribution is 4.96. The Morgan fingerprint density at radius 3 is 2.67 bits per heavy atom. The molecule has 0 N–H and O–H groups in total. The van der Waals surface area contributed by atoms with Crippen LogP contribution >= 0.6 is 0 Å². The molecule has 0 radical (unpaired) electrons. The Kier molecular flexibility index (Phi) is 1.04. The topological polar surface area (TPSA) is 12.5 Å². The smallest absolute Gasteiger partial charge is 0.0987 e. The fourth-order valence-corrected chi connectivity index (χ4v) is 1.58. The normalized spacial score (nSPS) is 33.0. The van der Waals surface area contributed by atoms with E-state index in [0.29, 0.717) is 13.1 Å². The number of rotatable bonds is 0. The van der Waals surface area contributed by atoms with Gasteiger partial charge < -0.3 is 4.74 Å². The van der Waals surface area contributed by atoms with Crippen molar-refractivity contribution in [2.24, 2.45) is 0 Å². The Bertz CT molecular complexity index is 114. The van der Waals surface area contributed by atoms with Gasteiger partial charge in [0.15, 0.2) is 0 Å². The molecule has 2 nitrogen and oxygen atoms in total. The van der Waals surface area contributed by atoms with Crippen LogP contribution in [0.2, 0.25) is 0 Å². The average molecular weight is 131 g/mol. The van der Waals surface area contributed by atoms with E-state index in [0.717, 1.165) is 24.6 Å². The van der Waals surface area contributed by atoms with Crippen LogP contribution in [0.5, 0.6) is 0 Å². The van der Waals surface area contributed by atoms with Gasteiger partial charge in [-0.25, -0.2) is 0 Å². The van der Waals surface area contributed by atoms with Gasteiger partial charge in [-0.3, -0.25) is 0 Å². The molecule has 0 atom stereocenters. The maximum absolute atomic E-state index is 12.2. The lowest BCUT2D eigenvalue weighted by atomic mass is 9.93. The van der Waals surface area contributed by atoms with Crippen LogP contribution in [-0.2, 0) is 4.74 Å². The number of nitrogens with zero attached hydrogens (tertiary/aromatic N) is 1. The summed E-state index contributed by atoms with van der Waals surface area (Å²) in [6.07, 6.45) is 2.15. The quantitative estimate of drug-likeness (QED) is 0.449. The number of ether oxygens (including phenoxy) is 1. The number of hydrogen-bond donors (Lipinski definition) is 0. The Balaban J connectivity index is 1.95. The third kappa shape index (κ3) is 0.756. The van der Waals surface area contributed by atoms with Gasteiger partial charge in [-0.2, -0.15) is 0 Å². The monoisotopic (exact) mass is 131 g/mol. The van der Waals surface area contributed by atoms with E-state index < -0.39 is 0 Å². The summed E-state index contributed by atoms with van der Waals surface area (Å²) in [5, 5.41) is 0.811. The summed E-state index contributed by atoms with van der Waals surface area (Å²) in [5.41, 5.74) is -0.0608. The second-order valence-electron chi connectivity index (χ2n) is 2.91. The fraction of sp³-hybridized carbons (Fsp3) is 1.00. The van der Waals surface area contributed by atoms with E-state index in [1.54, 1.807) is 0 Å². The van der Waals surface area contributed by atoms with Gasteiger partial charge in [0.2, 0.25) is 0 Å². The number of halogens is 1. The second-order valence-corrected chi connectivity index (χ2v) is 2.91. The van der Waals surface area contributed by atoms with Crippen molar-refractivity contribution in [1.82, 2.24) is 5.12 Å². The van der Waals surface area contributed by atoms with Crippen LogP contribution in [0, 0.1) is 0 Å². The molecule has 0 bridgehead atoms. The molecular weight excluding hydrogens is 121 g/mol. The molecule has 2 aliphatic rings. The van der Waals surface area contributed by atoms with Crippen LogP contribution in [0.1, 0.15) is 12.8 Å². The Morgan fingerprint density at radius 1 is 1.44 bits per heavy atom. The molecule has 2 fully saturated rings. The second kappa shape index (κ2) is 1.67. The Morgan fingerprint density at radius 2 is 2.22 bits per heavy atom. The Hall–Kier alpha value is -0.150. The summed E-state index contributed by atoms with van der Waals surface area (Å²) in [7, 11) is 0. The minimum Gasteiger partial charge on any atom is -0.372 e. The predicted octanol–water partition coefficient (Wildman–Crippen LogP) is 0.736. The van der Waals surface area contributed by atoms with Crippen molar-refractivity contribution < 1.29 is 9.22 Å². The van der Waals surface area contributed by atoms with E-state index >= 15 is 0 Å². The van der Waals surface area contributed by atoms with Crippen molar-refractivity contribution in [1.29, 1.82) is 0 Å². The molecule has 1 spiro atoms. The molecule has 0 amide bonds. The molecule has 0 aromatic carbocycles. The van der Waals surface area contributed by atoms with Crippen LogP contribution in [0.15, 0.2) is 0 Å². The van der Waals surface area contributed by atoms with Gasteiger partial charge in [0.05, 0.1) is 18.7 Å². The van der Waals surface area contributed by atoms with Crippen molar-refractivity contribution >= 4 is 0 Å². The SMILES string of the molecule is FN1CC2(CCCO2)C1. The standard InChI is InChI=1S/C6H10FNO/c7-8-4-6(5-8)2-1-3-9-6/h1-5H2. The van der Waals surface area contributed by atoms with Gasteiger partial charge in [-0.1, -0.05) is 0 Å². The largest absolute Gasteiger partial charge is 0.372 e. The summed E-state index contributed by atoms with van der Waals surface area (Å²) < 4.78 is 17.5. The molecule has 0 unspecified atom stereocenters. The molecule has 0 aromatic heterocycles. The lowest BCUT2D eigenvalue weighted by molar-refractivity contribution is -0.188. The first-order chi connectivity index (χ1) is 4.31. The summed E-state index contributed by atoms with van der Waals surface area (Å²) in [4.78, 5) is 0. The maximum Gasteiger partial charge on any atom is 0.0987 e. The van der Waals surface area contributed by atoms with Crippen LogP contribution in [0.4, 0.5) is 4.48 Å². The average Bonchev–Trinajstić information content (AvgIpc) is 2.12. The lowest BCUT2D eigenvalue weighted by Crippen LogP contribution is -2.57. The van der Waals surface area contributed by atoms with Crippen molar-refractivity contribution in [3.8, 4) is 0 Å².